The van der Waals surface area contributed by atoms with Gasteiger partial charge < -0.3 is 19.7 Å². The van der Waals surface area contributed by atoms with Gasteiger partial charge in [-0.2, -0.15) is 0 Å². The Bertz CT molecular complexity index is 834. The van der Waals surface area contributed by atoms with E-state index in [-0.39, 0.29) is 17.0 Å². The number of carboxylic acid groups (broad SMARTS) is 1. The third kappa shape index (κ3) is 4.39. The minimum atomic E-state index is -1.05. The molecule has 8 heteroatoms. The molecule has 0 aliphatic carbocycles. The van der Waals surface area contributed by atoms with Crippen molar-refractivity contribution in [1.82, 2.24) is 14.9 Å². The molecule has 2 aromatic heterocycles. The van der Waals surface area contributed by atoms with Crippen LogP contribution in [-0.2, 0) is 11.3 Å². The lowest BCUT2D eigenvalue weighted by Crippen LogP contribution is -2.27. The van der Waals surface area contributed by atoms with Crippen LogP contribution in [0.25, 0.3) is 11.4 Å². The standard InChI is InChI=1S/C19H25N3O4S/c1-11(2)8-20-17(23)14-7-16(15-10-27-18(21-15)19(24)25)22(12(14)3)9-13-5-4-6-26-13/h7,10-11,13H,4-6,8-9H2,1-3H3,(H,20,23)(H,24,25). The number of carboxylic acids is 1. The summed E-state index contributed by atoms with van der Waals surface area (Å²) in [5, 5.41) is 13.9. The van der Waals surface area contributed by atoms with E-state index >= 15 is 0 Å². The van der Waals surface area contributed by atoms with E-state index in [4.69, 9.17) is 4.74 Å². The molecular formula is C19H25N3O4S. The average Bonchev–Trinajstić information content (AvgIpc) is 3.34. The Morgan fingerprint density at radius 3 is 2.85 bits per heavy atom. The van der Waals surface area contributed by atoms with E-state index in [1.54, 1.807) is 11.4 Å². The smallest absolute Gasteiger partial charge is 0.365 e. The van der Waals surface area contributed by atoms with Crippen molar-refractivity contribution >= 4 is 23.2 Å². The van der Waals surface area contributed by atoms with Crippen LogP contribution in [0.15, 0.2) is 11.4 Å². The van der Waals surface area contributed by atoms with Crippen molar-refractivity contribution in [3.8, 4) is 11.4 Å². The number of thiazole rings is 1. The summed E-state index contributed by atoms with van der Waals surface area (Å²) in [5.41, 5.74) is 2.75. The highest BCUT2D eigenvalue weighted by molar-refractivity contribution is 7.11. The molecule has 1 unspecified atom stereocenters. The molecule has 0 saturated carbocycles. The number of nitrogens with zero attached hydrogens (tertiary/aromatic N) is 2. The summed E-state index contributed by atoms with van der Waals surface area (Å²) < 4.78 is 7.79. The SMILES string of the molecule is Cc1c(C(=O)NCC(C)C)cc(-c2csc(C(=O)O)n2)n1CC1CCCO1. The van der Waals surface area contributed by atoms with Crippen LogP contribution in [0.3, 0.4) is 0 Å². The second-order valence-corrected chi connectivity index (χ2v) is 8.08. The molecule has 146 valence electrons. The zero-order valence-electron chi connectivity index (χ0n) is 15.8. The van der Waals surface area contributed by atoms with E-state index in [1.807, 2.05) is 25.3 Å². The lowest BCUT2D eigenvalue weighted by Gasteiger charge is -2.15. The number of hydrogen-bond acceptors (Lipinski definition) is 5. The number of amides is 1. The highest BCUT2D eigenvalue weighted by atomic mass is 32.1. The van der Waals surface area contributed by atoms with Gasteiger partial charge in [-0.25, -0.2) is 9.78 Å². The maximum atomic E-state index is 12.6. The fraction of sp³-hybridized carbons (Fsp3) is 0.526. The first kappa shape index (κ1) is 19.6. The summed E-state index contributed by atoms with van der Waals surface area (Å²) in [6, 6.07) is 1.81. The zero-order chi connectivity index (χ0) is 19.6. The van der Waals surface area contributed by atoms with Crippen molar-refractivity contribution < 1.29 is 19.4 Å². The van der Waals surface area contributed by atoms with Crippen LogP contribution in [0.2, 0.25) is 0 Å². The van der Waals surface area contributed by atoms with Crippen LogP contribution in [0.1, 0.15) is 52.5 Å². The van der Waals surface area contributed by atoms with Crippen molar-refractivity contribution in [3.05, 3.63) is 27.7 Å². The molecule has 1 fully saturated rings. The molecule has 3 rings (SSSR count). The van der Waals surface area contributed by atoms with Crippen molar-refractivity contribution in [1.29, 1.82) is 0 Å². The number of carbonyl (C=O) groups is 2. The molecule has 2 aromatic rings. The summed E-state index contributed by atoms with van der Waals surface area (Å²) in [6.45, 7) is 7.98. The highest BCUT2D eigenvalue weighted by Crippen LogP contribution is 2.29. The molecule has 27 heavy (non-hydrogen) atoms. The number of rotatable bonds is 7. The Hall–Kier alpha value is -2.19. The van der Waals surface area contributed by atoms with Crippen molar-refractivity contribution in [2.75, 3.05) is 13.2 Å². The van der Waals surface area contributed by atoms with E-state index in [1.165, 1.54) is 0 Å². The molecule has 3 heterocycles. The number of hydrogen-bond donors (Lipinski definition) is 2. The van der Waals surface area contributed by atoms with Gasteiger partial charge in [0.2, 0.25) is 5.01 Å². The van der Waals surface area contributed by atoms with Crippen molar-refractivity contribution in [3.63, 3.8) is 0 Å². The lowest BCUT2D eigenvalue weighted by atomic mass is 10.2. The van der Waals surface area contributed by atoms with E-state index in [9.17, 15) is 14.7 Å². The number of aromatic nitrogens is 2. The van der Waals surface area contributed by atoms with E-state index in [0.717, 1.165) is 42.2 Å². The summed E-state index contributed by atoms with van der Waals surface area (Å²) in [7, 11) is 0. The number of nitrogens with one attached hydrogen (secondary N) is 1. The van der Waals surface area contributed by atoms with Crippen molar-refractivity contribution in [2.24, 2.45) is 5.92 Å². The fourth-order valence-corrected chi connectivity index (χ4v) is 3.84. The fourth-order valence-electron chi connectivity index (χ4n) is 3.20. The van der Waals surface area contributed by atoms with Crippen LogP contribution >= 0.6 is 11.3 Å². The van der Waals surface area contributed by atoms with Gasteiger partial charge in [-0.15, -0.1) is 11.3 Å². The summed E-state index contributed by atoms with van der Waals surface area (Å²) in [6.07, 6.45) is 2.10. The Morgan fingerprint density at radius 1 is 1.48 bits per heavy atom. The molecule has 0 spiro atoms. The Labute approximate surface area is 162 Å². The molecule has 0 bridgehead atoms. The maximum absolute atomic E-state index is 12.6. The first-order valence-corrected chi connectivity index (χ1v) is 10.0. The molecule has 1 atom stereocenters. The Kier molecular flexibility index (Phi) is 5.96. The van der Waals surface area contributed by atoms with Crippen LogP contribution in [0, 0.1) is 12.8 Å². The second-order valence-electron chi connectivity index (χ2n) is 7.22. The normalized spacial score (nSPS) is 16.8. The molecule has 7 nitrogen and oxygen atoms in total. The topological polar surface area (TPSA) is 93.5 Å². The average molecular weight is 391 g/mol. The molecule has 1 aliphatic heterocycles. The van der Waals surface area contributed by atoms with Gasteiger partial charge in [0.25, 0.3) is 5.91 Å². The minimum absolute atomic E-state index is 0.0401. The molecular weight excluding hydrogens is 366 g/mol. The van der Waals surface area contributed by atoms with Crippen LogP contribution in [-0.4, -0.2) is 45.8 Å². The van der Waals surface area contributed by atoms with Gasteiger partial charge in [0, 0.05) is 30.8 Å². The lowest BCUT2D eigenvalue weighted by molar-refractivity contribution is 0.0696. The first-order valence-electron chi connectivity index (χ1n) is 9.16. The van der Waals surface area contributed by atoms with Crippen LogP contribution in [0.4, 0.5) is 0 Å². The van der Waals surface area contributed by atoms with Gasteiger partial charge in [-0.05, 0) is 31.7 Å². The van der Waals surface area contributed by atoms with E-state index in [0.29, 0.717) is 30.3 Å². The van der Waals surface area contributed by atoms with Gasteiger partial charge in [0.15, 0.2) is 0 Å². The highest BCUT2D eigenvalue weighted by Gasteiger charge is 2.24. The predicted octanol–water partition coefficient (Wildman–Crippen LogP) is 3.18. The monoisotopic (exact) mass is 391 g/mol. The van der Waals surface area contributed by atoms with Crippen molar-refractivity contribution in [2.45, 2.75) is 46.3 Å². The summed E-state index contributed by atoms with van der Waals surface area (Å²) >= 11 is 1.09. The predicted molar refractivity (Wildman–Crippen MR) is 103 cm³/mol. The quantitative estimate of drug-likeness (QED) is 0.756. The Morgan fingerprint density at radius 2 is 2.26 bits per heavy atom. The summed E-state index contributed by atoms with van der Waals surface area (Å²) in [5.74, 6) is -0.809. The zero-order valence-corrected chi connectivity index (χ0v) is 16.6. The molecule has 1 saturated heterocycles. The van der Waals surface area contributed by atoms with Gasteiger partial charge in [-0.1, -0.05) is 13.8 Å². The molecule has 2 N–H and O–H groups in total. The third-order valence-corrected chi connectivity index (χ3v) is 5.47. The third-order valence-electron chi connectivity index (χ3n) is 4.64. The maximum Gasteiger partial charge on any atom is 0.365 e. The van der Waals surface area contributed by atoms with Crippen LogP contribution < -0.4 is 5.32 Å². The minimum Gasteiger partial charge on any atom is -0.476 e. The molecule has 0 aromatic carbocycles. The number of ether oxygens (including phenoxy) is 1. The largest absolute Gasteiger partial charge is 0.476 e. The summed E-state index contributed by atoms with van der Waals surface area (Å²) in [4.78, 5) is 28.1. The van der Waals surface area contributed by atoms with Gasteiger partial charge in [-0.3, -0.25) is 4.79 Å². The molecule has 1 aliphatic rings. The van der Waals surface area contributed by atoms with Gasteiger partial charge in [0.05, 0.1) is 23.1 Å². The van der Waals surface area contributed by atoms with Crippen LogP contribution in [0.5, 0.6) is 0 Å². The number of carbonyl (C=O) groups excluding carboxylic acids is 1. The first-order chi connectivity index (χ1) is 12.9. The Balaban J connectivity index is 1.96. The van der Waals surface area contributed by atoms with Gasteiger partial charge in [0.1, 0.15) is 0 Å². The van der Waals surface area contributed by atoms with E-state index < -0.39 is 5.97 Å². The molecule has 0 radical (unpaired) electrons. The molecule has 1 amide bonds. The van der Waals surface area contributed by atoms with Gasteiger partial charge >= 0.3 is 5.97 Å². The van der Waals surface area contributed by atoms with E-state index in [2.05, 4.69) is 10.3 Å². The second kappa shape index (κ2) is 8.22. The number of aromatic carboxylic acids is 1.